The number of hydrogen-bond acceptors (Lipinski definition) is 4. The highest BCUT2D eigenvalue weighted by Gasteiger charge is 2.30. The predicted octanol–water partition coefficient (Wildman–Crippen LogP) is 14.7. The number of hydrogen-bond donors (Lipinski definition) is 1. The Morgan fingerprint density at radius 2 is 1.26 bits per heavy atom. The Hall–Kier alpha value is -6.76. The summed E-state index contributed by atoms with van der Waals surface area (Å²) in [6.07, 6.45) is 0. The normalized spacial score (nSPS) is 13.1. The van der Waals surface area contributed by atoms with E-state index in [0.717, 1.165) is 79.0 Å². The first-order chi connectivity index (χ1) is 30.0. The molecule has 0 amide bonds. The predicted molar refractivity (Wildman–Crippen MR) is 267 cm³/mol. The van der Waals surface area contributed by atoms with Crippen LogP contribution in [0.15, 0.2) is 148 Å². The smallest absolute Gasteiger partial charge is 0.198 e. The van der Waals surface area contributed by atoms with Gasteiger partial charge in [0.1, 0.15) is 22.3 Å². The van der Waals surface area contributed by atoms with Crippen molar-refractivity contribution in [2.75, 3.05) is 5.32 Å². The number of fused-ring (bicyclic) bond motifs is 15. The van der Waals surface area contributed by atoms with Crippen molar-refractivity contribution < 1.29 is 8.83 Å². The van der Waals surface area contributed by atoms with Gasteiger partial charge in [-0.25, -0.2) is 0 Å². The van der Waals surface area contributed by atoms with Crippen LogP contribution in [0.2, 0.25) is 0 Å². The zero-order valence-corrected chi connectivity index (χ0v) is 36.5. The fraction of sp³-hybridized carbons (Fsp3) is 0.143. The van der Waals surface area contributed by atoms with Gasteiger partial charge in [-0.05, 0) is 105 Å². The van der Waals surface area contributed by atoms with Gasteiger partial charge in [0, 0.05) is 69.9 Å². The first-order valence-corrected chi connectivity index (χ1v) is 22.5. The van der Waals surface area contributed by atoms with E-state index in [0.29, 0.717) is 0 Å². The average Bonchev–Trinajstić information content (AvgIpc) is 4.01. The summed E-state index contributed by atoms with van der Waals surface area (Å²) in [5, 5.41) is 13.5. The molecule has 13 rings (SSSR count). The lowest BCUT2D eigenvalue weighted by Crippen LogP contribution is -2.37. The number of furan rings is 2. The van der Waals surface area contributed by atoms with E-state index in [9.17, 15) is 0 Å². The lowest BCUT2D eigenvalue weighted by molar-refractivity contribution is 0.590. The van der Waals surface area contributed by atoms with Crippen LogP contribution in [0.5, 0.6) is 0 Å². The molecule has 12 aromatic rings. The molecular weight excluding hydrogens is 776 g/mol. The lowest BCUT2D eigenvalue weighted by atomic mass is 9.59. The molecule has 0 unspecified atom stereocenters. The van der Waals surface area contributed by atoms with Gasteiger partial charge < -0.3 is 18.7 Å². The van der Waals surface area contributed by atoms with Gasteiger partial charge in [-0.2, -0.15) is 0 Å². The van der Waals surface area contributed by atoms with Crippen molar-refractivity contribution in [3.05, 3.63) is 151 Å². The molecule has 0 atom stereocenters. The van der Waals surface area contributed by atoms with E-state index in [2.05, 4.69) is 191 Å². The largest absolute Gasteiger partial charge is 0.456 e. The molecule has 0 saturated carbocycles. The third-order valence-corrected chi connectivity index (χ3v) is 14.7. The molecule has 0 bridgehead atoms. The van der Waals surface area contributed by atoms with E-state index in [1.165, 1.54) is 64.4 Å². The van der Waals surface area contributed by atoms with Crippen LogP contribution < -0.4 is 16.2 Å². The van der Waals surface area contributed by atoms with Crippen LogP contribution in [0.1, 0.15) is 52.7 Å². The first kappa shape index (κ1) is 35.9. The van der Waals surface area contributed by atoms with Crippen molar-refractivity contribution in [2.45, 2.75) is 52.4 Å². The Kier molecular flexibility index (Phi) is 7.21. The van der Waals surface area contributed by atoms with E-state index in [1.807, 2.05) is 11.3 Å². The van der Waals surface area contributed by atoms with E-state index in [4.69, 9.17) is 8.83 Å². The maximum atomic E-state index is 6.79. The number of aromatic nitrogens is 1. The first-order valence-electron chi connectivity index (χ1n) is 21.7. The summed E-state index contributed by atoms with van der Waals surface area (Å²) in [4.78, 5) is 0. The Morgan fingerprint density at radius 3 is 2.08 bits per heavy atom. The number of rotatable bonds is 3. The van der Waals surface area contributed by atoms with Gasteiger partial charge in [0.15, 0.2) is 7.28 Å². The van der Waals surface area contributed by atoms with Crippen LogP contribution in [-0.2, 0) is 10.8 Å². The number of para-hydroxylation sites is 1. The SMILES string of the molecule is CC(C)(C)c1ccc(Nc2cc3c(cc2-c2ccc4c5c6oc7ccccc7c6ccc5n5c4c2Bc2cc4c(cc2-5)sc2ccccc24)oc2ccc(C(C)(C)C)cc23)cc1. The van der Waals surface area contributed by atoms with Gasteiger partial charge >= 0.3 is 0 Å². The summed E-state index contributed by atoms with van der Waals surface area (Å²) < 4.78 is 18.7. The Bertz CT molecular complexity index is 3880. The van der Waals surface area contributed by atoms with Gasteiger partial charge in [-0.1, -0.05) is 120 Å². The second-order valence-corrected chi connectivity index (χ2v) is 20.5. The maximum absolute atomic E-state index is 6.79. The minimum absolute atomic E-state index is 0.00919. The summed E-state index contributed by atoms with van der Waals surface area (Å²) in [7, 11) is 0.786. The molecular formula is C56H43BN2O2S. The topological polar surface area (TPSA) is 43.2 Å². The van der Waals surface area contributed by atoms with Gasteiger partial charge in [0.05, 0.1) is 10.9 Å². The molecule has 0 saturated heterocycles. The molecule has 4 nitrogen and oxygen atoms in total. The zero-order chi connectivity index (χ0) is 41.8. The van der Waals surface area contributed by atoms with Crippen LogP contribution >= 0.6 is 11.3 Å². The van der Waals surface area contributed by atoms with E-state index in [-0.39, 0.29) is 10.8 Å². The van der Waals surface area contributed by atoms with Crippen molar-refractivity contribution >= 4 is 127 Å². The molecule has 4 aromatic heterocycles. The monoisotopic (exact) mass is 818 g/mol. The van der Waals surface area contributed by atoms with Crippen LogP contribution in [0.3, 0.4) is 0 Å². The third-order valence-electron chi connectivity index (χ3n) is 13.5. The number of nitrogens with one attached hydrogen (secondary N) is 1. The summed E-state index contributed by atoms with van der Waals surface area (Å²) in [6, 6.07) is 51.6. The molecule has 1 N–H and O–H groups in total. The second-order valence-electron chi connectivity index (χ2n) is 19.4. The highest BCUT2D eigenvalue weighted by Crippen LogP contribution is 2.45. The molecule has 1 aliphatic rings. The summed E-state index contributed by atoms with van der Waals surface area (Å²) in [5.74, 6) is 0. The van der Waals surface area contributed by atoms with Crippen LogP contribution in [0.4, 0.5) is 11.4 Å². The number of thiophene rings is 1. The molecule has 1 aliphatic heterocycles. The lowest BCUT2D eigenvalue weighted by Gasteiger charge is -2.24. The standard InChI is InChI=1S/C56H43BN2O2S/c1-55(2,3)30-15-18-32(19-16-30)58-43-27-40-39-25-31(56(4,5)6)17-24-47(39)60-48(40)28-38(43)35-20-21-37-51-44(23-22-36-33-11-7-9-13-46(33)61-54(36)51)59-45-29-50-41(26-42(45)57-52(35)53(37)59)34-12-8-10-14-49(34)62-50/h7-29,57-58H,1-6H3. The van der Waals surface area contributed by atoms with Gasteiger partial charge in [0.2, 0.25) is 0 Å². The Balaban J connectivity index is 1.11. The molecule has 0 spiro atoms. The van der Waals surface area contributed by atoms with Crippen molar-refractivity contribution in [3.8, 4) is 16.8 Å². The van der Waals surface area contributed by atoms with Crippen molar-refractivity contribution in [1.29, 1.82) is 0 Å². The number of nitrogens with zero attached hydrogens (tertiary/aromatic N) is 1. The Labute approximate surface area is 363 Å². The second kappa shape index (κ2) is 12.4. The van der Waals surface area contributed by atoms with Crippen LogP contribution in [0.25, 0.3) is 103 Å². The van der Waals surface area contributed by atoms with Gasteiger partial charge in [-0.3, -0.25) is 0 Å². The zero-order valence-electron chi connectivity index (χ0n) is 35.7. The minimum Gasteiger partial charge on any atom is -0.456 e. The van der Waals surface area contributed by atoms with E-state index in [1.54, 1.807) is 0 Å². The van der Waals surface area contributed by atoms with Crippen molar-refractivity contribution in [3.63, 3.8) is 0 Å². The number of anilines is 2. The van der Waals surface area contributed by atoms with Crippen LogP contribution in [-0.4, -0.2) is 11.8 Å². The van der Waals surface area contributed by atoms with E-state index >= 15 is 0 Å². The fourth-order valence-electron chi connectivity index (χ4n) is 10.3. The summed E-state index contributed by atoms with van der Waals surface area (Å²) >= 11 is 1.88. The van der Waals surface area contributed by atoms with Gasteiger partial charge in [0.25, 0.3) is 0 Å². The molecule has 62 heavy (non-hydrogen) atoms. The molecule has 6 heteroatoms. The number of benzene rings is 8. The highest BCUT2D eigenvalue weighted by atomic mass is 32.1. The third kappa shape index (κ3) is 5.13. The highest BCUT2D eigenvalue weighted by molar-refractivity contribution is 7.25. The van der Waals surface area contributed by atoms with Crippen LogP contribution in [0, 0.1) is 0 Å². The molecule has 0 radical (unpaired) electrons. The molecule has 5 heterocycles. The fourth-order valence-corrected chi connectivity index (χ4v) is 11.4. The minimum atomic E-state index is 0.00919. The van der Waals surface area contributed by atoms with Crippen molar-refractivity contribution in [2.24, 2.45) is 0 Å². The Morgan fingerprint density at radius 1 is 0.532 bits per heavy atom. The molecule has 8 aromatic carbocycles. The summed E-state index contributed by atoms with van der Waals surface area (Å²) in [6.45, 7) is 13.6. The van der Waals surface area contributed by atoms with E-state index < -0.39 is 0 Å². The average molecular weight is 819 g/mol. The molecule has 298 valence electrons. The van der Waals surface area contributed by atoms with Gasteiger partial charge in [-0.15, -0.1) is 11.3 Å². The summed E-state index contributed by atoms with van der Waals surface area (Å²) in [5.41, 5.74) is 17.0. The maximum Gasteiger partial charge on any atom is 0.198 e. The quantitative estimate of drug-likeness (QED) is 0.181. The molecule has 0 fully saturated rings. The van der Waals surface area contributed by atoms with Crippen molar-refractivity contribution in [1.82, 2.24) is 4.57 Å². The molecule has 0 aliphatic carbocycles.